The fraction of sp³-hybridized carbons (Fsp3) is 0.167. The van der Waals surface area contributed by atoms with Crippen LogP contribution in [0.15, 0.2) is 72.8 Å². The molecule has 0 fully saturated rings. The molecule has 0 aliphatic carbocycles. The molecule has 0 radical (unpaired) electrons. The van der Waals surface area contributed by atoms with Crippen LogP contribution in [0.4, 0.5) is 10.1 Å². The third kappa shape index (κ3) is 3.89. The molecule has 0 spiro atoms. The summed E-state index contributed by atoms with van der Waals surface area (Å²) in [6, 6.07) is 19.9. The molecule has 4 rings (SSSR count). The van der Waals surface area contributed by atoms with Crippen molar-refractivity contribution in [3.8, 4) is 5.75 Å². The minimum absolute atomic E-state index is 0.0312. The van der Waals surface area contributed by atoms with Crippen LogP contribution < -0.4 is 10.1 Å². The highest BCUT2D eigenvalue weighted by Gasteiger charge is 2.34. The number of rotatable bonds is 6. The number of para-hydroxylation sites is 2. The molecule has 5 nitrogen and oxygen atoms in total. The van der Waals surface area contributed by atoms with E-state index in [-0.39, 0.29) is 24.1 Å². The Kier molecular flexibility index (Phi) is 5.48. The summed E-state index contributed by atoms with van der Waals surface area (Å²) in [5, 5.41) is 2.86. The number of fused-ring (bicyclic) bond motifs is 1. The maximum atomic E-state index is 13.5. The molecule has 0 saturated carbocycles. The van der Waals surface area contributed by atoms with Gasteiger partial charge in [0.15, 0.2) is 0 Å². The minimum Gasteiger partial charge on any atom is -0.495 e. The van der Waals surface area contributed by atoms with E-state index in [4.69, 9.17) is 4.74 Å². The summed E-state index contributed by atoms with van der Waals surface area (Å²) in [6.07, 6.45) is 0.0312. The number of halogens is 1. The maximum Gasteiger partial charge on any atom is 0.255 e. The Hall–Kier alpha value is -3.67. The van der Waals surface area contributed by atoms with Crippen molar-refractivity contribution >= 4 is 17.5 Å². The zero-order valence-corrected chi connectivity index (χ0v) is 16.5. The third-order valence-electron chi connectivity index (χ3n) is 5.24. The SMILES string of the molecule is COc1ccccc1NC(=O)CC(c1ccc(F)cc1)N1Cc2ccccc2C1=O. The lowest BCUT2D eigenvalue weighted by molar-refractivity contribution is -0.117. The van der Waals surface area contributed by atoms with Gasteiger partial charge in [-0.25, -0.2) is 4.39 Å². The maximum absolute atomic E-state index is 13.5. The van der Waals surface area contributed by atoms with Gasteiger partial charge < -0.3 is 15.0 Å². The van der Waals surface area contributed by atoms with Gasteiger partial charge in [-0.15, -0.1) is 0 Å². The van der Waals surface area contributed by atoms with Crippen molar-refractivity contribution in [1.82, 2.24) is 4.90 Å². The number of ether oxygens (including phenoxy) is 1. The summed E-state index contributed by atoms with van der Waals surface area (Å²) in [7, 11) is 1.53. The smallest absolute Gasteiger partial charge is 0.255 e. The lowest BCUT2D eigenvalue weighted by Crippen LogP contribution is -2.32. The van der Waals surface area contributed by atoms with Gasteiger partial charge in [-0.1, -0.05) is 42.5 Å². The van der Waals surface area contributed by atoms with Gasteiger partial charge in [-0.3, -0.25) is 9.59 Å². The zero-order valence-electron chi connectivity index (χ0n) is 16.5. The molecule has 30 heavy (non-hydrogen) atoms. The van der Waals surface area contributed by atoms with Crippen molar-refractivity contribution in [2.24, 2.45) is 0 Å². The van der Waals surface area contributed by atoms with Gasteiger partial charge in [0.05, 0.1) is 25.3 Å². The Morgan fingerprint density at radius 1 is 1.07 bits per heavy atom. The molecule has 0 saturated heterocycles. The molecule has 0 bridgehead atoms. The fourth-order valence-electron chi connectivity index (χ4n) is 3.75. The number of anilines is 1. The lowest BCUT2D eigenvalue weighted by atomic mass is 10.0. The molecule has 3 aromatic rings. The van der Waals surface area contributed by atoms with Crippen LogP contribution >= 0.6 is 0 Å². The Balaban J connectivity index is 1.61. The van der Waals surface area contributed by atoms with Gasteiger partial charge in [0.1, 0.15) is 11.6 Å². The second-order valence-corrected chi connectivity index (χ2v) is 7.11. The molecule has 1 aliphatic rings. The zero-order chi connectivity index (χ0) is 21.1. The fourth-order valence-corrected chi connectivity index (χ4v) is 3.75. The van der Waals surface area contributed by atoms with E-state index in [2.05, 4.69) is 5.32 Å². The van der Waals surface area contributed by atoms with E-state index >= 15 is 0 Å². The van der Waals surface area contributed by atoms with Gasteiger partial charge in [-0.2, -0.15) is 0 Å². The number of amides is 2. The number of carbonyl (C=O) groups is 2. The molecule has 6 heteroatoms. The molecule has 1 atom stereocenters. The van der Waals surface area contributed by atoms with Gasteiger partial charge in [0, 0.05) is 12.1 Å². The van der Waals surface area contributed by atoms with Crippen LogP contribution in [0.1, 0.15) is 33.9 Å². The van der Waals surface area contributed by atoms with E-state index in [1.165, 1.54) is 19.2 Å². The van der Waals surface area contributed by atoms with Crippen molar-refractivity contribution in [2.75, 3.05) is 12.4 Å². The van der Waals surface area contributed by atoms with Gasteiger partial charge >= 0.3 is 0 Å². The molecule has 1 unspecified atom stereocenters. The minimum atomic E-state index is -0.528. The number of methoxy groups -OCH3 is 1. The summed E-state index contributed by atoms with van der Waals surface area (Å²) in [5.41, 5.74) is 2.81. The number of hydrogen-bond donors (Lipinski definition) is 1. The summed E-state index contributed by atoms with van der Waals surface area (Å²) >= 11 is 0. The molecule has 1 aliphatic heterocycles. The molecule has 2 amide bonds. The van der Waals surface area contributed by atoms with Gasteiger partial charge in [0.2, 0.25) is 5.91 Å². The van der Waals surface area contributed by atoms with E-state index in [0.717, 1.165) is 5.56 Å². The first-order valence-electron chi connectivity index (χ1n) is 9.64. The highest BCUT2D eigenvalue weighted by Crippen LogP contribution is 2.34. The summed E-state index contributed by atoms with van der Waals surface area (Å²) < 4.78 is 18.8. The van der Waals surface area contributed by atoms with Crippen molar-refractivity contribution < 1.29 is 18.7 Å². The summed E-state index contributed by atoms with van der Waals surface area (Å²) in [6.45, 7) is 0.402. The van der Waals surface area contributed by atoms with Crippen LogP contribution in [-0.2, 0) is 11.3 Å². The van der Waals surface area contributed by atoms with Crippen molar-refractivity contribution in [1.29, 1.82) is 0 Å². The number of carbonyl (C=O) groups excluding carboxylic acids is 2. The third-order valence-corrected chi connectivity index (χ3v) is 5.24. The van der Waals surface area contributed by atoms with Crippen LogP contribution in [0.25, 0.3) is 0 Å². The van der Waals surface area contributed by atoms with E-state index in [1.807, 2.05) is 24.3 Å². The Morgan fingerprint density at radius 2 is 1.77 bits per heavy atom. The highest BCUT2D eigenvalue weighted by atomic mass is 19.1. The molecule has 152 valence electrons. The average Bonchev–Trinajstić information content (AvgIpc) is 3.10. The van der Waals surface area contributed by atoms with E-state index in [9.17, 15) is 14.0 Å². The monoisotopic (exact) mass is 404 g/mol. The van der Waals surface area contributed by atoms with Crippen LogP contribution in [0.2, 0.25) is 0 Å². The summed E-state index contributed by atoms with van der Waals surface area (Å²) in [5.74, 6) is -0.219. The average molecular weight is 404 g/mol. The predicted molar refractivity (Wildman–Crippen MR) is 112 cm³/mol. The van der Waals surface area contributed by atoms with Gasteiger partial charge in [-0.05, 0) is 41.5 Å². The number of hydrogen-bond acceptors (Lipinski definition) is 3. The quantitative estimate of drug-likeness (QED) is 0.655. The lowest BCUT2D eigenvalue weighted by Gasteiger charge is -2.28. The second kappa shape index (κ2) is 8.37. The Bertz CT molecular complexity index is 1080. The topological polar surface area (TPSA) is 58.6 Å². The first kappa shape index (κ1) is 19.6. The van der Waals surface area contributed by atoms with Crippen molar-refractivity contribution in [3.05, 3.63) is 95.3 Å². The number of nitrogens with one attached hydrogen (secondary N) is 1. The molecular weight excluding hydrogens is 383 g/mol. The Morgan fingerprint density at radius 3 is 2.50 bits per heavy atom. The van der Waals surface area contributed by atoms with Gasteiger partial charge in [0.25, 0.3) is 5.91 Å². The molecular formula is C24H21FN2O3. The number of nitrogens with zero attached hydrogens (tertiary/aromatic N) is 1. The first-order valence-corrected chi connectivity index (χ1v) is 9.64. The van der Waals surface area contributed by atoms with Crippen molar-refractivity contribution in [2.45, 2.75) is 19.0 Å². The normalized spacial score (nSPS) is 13.7. The molecule has 1 N–H and O–H groups in total. The molecule has 0 aromatic heterocycles. The van der Waals surface area contributed by atoms with E-state index in [0.29, 0.717) is 29.1 Å². The van der Waals surface area contributed by atoms with E-state index in [1.54, 1.807) is 41.3 Å². The standard InChI is InChI=1S/C24H21FN2O3/c1-30-22-9-5-4-8-20(22)26-23(28)14-21(16-10-12-18(25)13-11-16)27-15-17-6-2-3-7-19(17)24(27)29/h2-13,21H,14-15H2,1H3,(H,26,28). The van der Waals surface area contributed by atoms with E-state index < -0.39 is 6.04 Å². The Labute approximate surface area is 174 Å². The molecule has 1 heterocycles. The van der Waals surface area contributed by atoms with Crippen LogP contribution in [0.5, 0.6) is 5.75 Å². The largest absolute Gasteiger partial charge is 0.495 e. The molecule has 3 aromatic carbocycles. The first-order chi connectivity index (χ1) is 14.6. The van der Waals surface area contributed by atoms with Crippen LogP contribution in [-0.4, -0.2) is 23.8 Å². The summed E-state index contributed by atoms with van der Waals surface area (Å²) in [4.78, 5) is 27.6. The highest BCUT2D eigenvalue weighted by molar-refractivity contribution is 5.99. The number of benzene rings is 3. The predicted octanol–water partition coefficient (Wildman–Crippen LogP) is 4.56. The van der Waals surface area contributed by atoms with Crippen LogP contribution in [0.3, 0.4) is 0 Å². The second-order valence-electron chi connectivity index (χ2n) is 7.11. The van der Waals surface area contributed by atoms with Crippen molar-refractivity contribution in [3.63, 3.8) is 0 Å². The van der Waals surface area contributed by atoms with Crippen LogP contribution in [0, 0.1) is 5.82 Å².